The quantitative estimate of drug-likeness (QED) is 0.918. The third kappa shape index (κ3) is 2.73. The van der Waals surface area contributed by atoms with Gasteiger partial charge in [0.05, 0.1) is 5.69 Å². The van der Waals surface area contributed by atoms with Crippen molar-refractivity contribution in [3.8, 4) is 11.1 Å². The average Bonchev–Trinajstić information content (AvgIpc) is 2.56. The molecule has 1 saturated heterocycles. The first-order valence-electron chi connectivity index (χ1n) is 7.79. The second-order valence-electron chi connectivity index (χ2n) is 5.66. The molecule has 0 saturated carbocycles. The van der Waals surface area contributed by atoms with Crippen molar-refractivity contribution in [3.63, 3.8) is 0 Å². The van der Waals surface area contributed by atoms with E-state index in [-0.39, 0.29) is 0 Å². The molecule has 21 heavy (non-hydrogen) atoms. The number of piperidine rings is 1. The van der Waals surface area contributed by atoms with Gasteiger partial charge in [0.1, 0.15) is 5.82 Å². The van der Waals surface area contributed by atoms with E-state index >= 15 is 0 Å². The molecule has 2 aromatic rings. The number of benzene rings is 1. The molecule has 3 rings (SSSR count). The average molecular weight is 281 g/mol. The van der Waals surface area contributed by atoms with Crippen LogP contribution in [0, 0.1) is 6.92 Å². The molecular formula is C18H23N3. The predicted octanol–water partition coefficient (Wildman–Crippen LogP) is 4.09. The van der Waals surface area contributed by atoms with E-state index in [9.17, 15) is 0 Å². The van der Waals surface area contributed by atoms with Crippen LogP contribution in [0.4, 0.5) is 11.5 Å². The lowest BCUT2D eigenvalue weighted by molar-refractivity contribution is 0.577. The molecule has 3 nitrogen and oxygen atoms in total. The maximum atomic E-state index is 4.66. The van der Waals surface area contributed by atoms with Gasteiger partial charge in [0.15, 0.2) is 0 Å². The zero-order chi connectivity index (χ0) is 14.7. The Balaban J connectivity index is 2.08. The van der Waals surface area contributed by atoms with Crippen LogP contribution in [0.25, 0.3) is 11.1 Å². The van der Waals surface area contributed by atoms with Crippen molar-refractivity contribution in [2.45, 2.75) is 26.2 Å². The Morgan fingerprint density at radius 2 is 1.76 bits per heavy atom. The minimum atomic E-state index is 0.995. The zero-order valence-corrected chi connectivity index (χ0v) is 12.9. The van der Waals surface area contributed by atoms with Gasteiger partial charge >= 0.3 is 0 Å². The summed E-state index contributed by atoms with van der Waals surface area (Å²) in [7, 11) is 1.96. The first-order chi connectivity index (χ1) is 10.3. The van der Waals surface area contributed by atoms with Gasteiger partial charge in [-0.2, -0.15) is 0 Å². The van der Waals surface area contributed by atoms with Crippen LogP contribution in [-0.2, 0) is 0 Å². The van der Waals surface area contributed by atoms with Gasteiger partial charge < -0.3 is 10.2 Å². The van der Waals surface area contributed by atoms with E-state index in [4.69, 9.17) is 0 Å². The smallest absolute Gasteiger partial charge is 0.149 e. The van der Waals surface area contributed by atoms with E-state index < -0.39 is 0 Å². The summed E-state index contributed by atoms with van der Waals surface area (Å²) < 4.78 is 0. The summed E-state index contributed by atoms with van der Waals surface area (Å²) >= 11 is 0. The van der Waals surface area contributed by atoms with Crippen LogP contribution in [0.1, 0.15) is 24.8 Å². The van der Waals surface area contributed by atoms with Crippen molar-refractivity contribution in [1.82, 2.24) is 4.98 Å². The predicted molar refractivity (Wildman–Crippen MR) is 90.0 cm³/mol. The Morgan fingerprint density at radius 1 is 1.05 bits per heavy atom. The SMILES string of the molecule is CNc1ncc(-c2ccccc2)c(C)c1N1CCCCC1. The molecule has 0 unspecified atom stereocenters. The second kappa shape index (κ2) is 6.17. The Hall–Kier alpha value is -2.03. The molecule has 3 heteroatoms. The van der Waals surface area contributed by atoms with Crippen LogP contribution < -0.4 is 10.2 Å². The van der Waals surface area contributed by atoms with Crippen LogP contribution in [-0.4, -0.2) is 25.1 Å². The number of nitrogens with one attached hydrogen (secondary N) is 1. The molecule has 1 aliphatic heterocycles. The summed E-state index contributed by atoms with van der Waals surface area (Å²) in [5.41, 5.74) is 5.07. The number of pyridine rings is 1. The summed E-state index contributed by atoms with van der Waals surface area (Å²) in [4.78, 5) is 7.15. The van der Waals surface area contributed by atoms with Crippen molar-refractivity contribution < 1.29 is 0 Å². The lowest BCUT2D eigenvalue weighted by Gasteiger charge is -2.32. The van der Waals surface area contributed by atoms with Crippen molar-refractivity contribution in [2.24, 2.45) is 0 Å². The first-order valence-corrected chi connectivity index (χ1v) is 7.79. The molecule has 1 N–H and O–H groups in total. The highest BCUT2D eigenvalue weighted by Gasteiger charge is 2.19. The maximum absolute atomic E-state index is 4.66. The first kappa shape index (κ1) is 13.9. The fourth-order valence-electron chi connectivity index (χ4n) is 3.19. The minimum Gasteiger partial charge on any atom is -0.371 e. The zero-order valence-electron chi connectivity index (χ0n) is 12.9. The molecule has 1 aliphatic rings. The Bertz CT molecular complexity index is 601. The fraction of sp³-hybridized carbons (Fsp3) is 0.389. The Kier molecular flexibility index (Phi) is 4.09. The van der Waals surface area contributed by atoms with Crippen LogP contribution in [0.3, 0.4) is 0 Å². The molecule has 0 aliphatic carbocycles. The Labute approximate surface area is 127 Å². The van der Waals surface area contributed by atoms with Gasteiger partial charge in [-0.3, -0.25) is 0 Å². The maximum Gasteiger partial charge on any atom is 0.149 e. The third-order valence-electron chi connectivity index (χ3n) is 4.30. The monoisotopic (exact) mass is 281 g/mol. The number of hydrogen-bond donors (Lipinski definition) is 1. The van der Waals surface area contributed by atoms with Crippen molar-refractivity contribution in [3.05, 3.63) is 42.1 Å². The van der Waals surface area contributed by atoms with Gasteiger partial charge in [-0.15, -0.1) is 0 Å². The van der Waals surface area contributed by atoms with E-state index in [1.807, 2.05) is 13.2 Å². The van der Waals surface area contributed by atoms with Crippen LogP contribution >= 0.6 is 0 Å². The summed E-state index contributed by atoms with van der Waals surface area (Å²) in [6, 6.07) is 10.5. The molecule has 2 heterocycles. The van der Waals surface area contributed by atoms with Gasteiger partial charge in [-0.25, -0.2) is 4.98 Å². The number of aromatic nitrogens is 1. The van der Waals surface area contributed by atoms with E-state index in [0.717, 1.165) is 18.9 Å². The van der Waals surface area contributed by atoms with E-state index in [2.05, 4.69) is 52.5 Å². The number of nitrogens with zero attached hydrogens (tertiary/aromatic N) is 2. The number of rotatable bonds is 3. The van der Waals surface area contributed by atoms with Crippen LogP contribution in [0.5, 0.6) is 0 Å². The van der Waals surface area contributed by atoms with Gasteiger partial charge in [-0.05, 0) is 37.3 Å². The van der Waals surface area contributed by atoms with Crippen molar-refractivity contribution in [1.29, 1.82) is 0 Å². The highest BCUT2D eigenvalue weighted by atomic mass is 15.2. The van der Waals surface area contributed by atoms with Gasteiger partial charge in [0.25, 0.3) is 0 Å². The minimum absolute atomic E-state index is 0.995. The Morgan fingerprint density at radius 3 is 2.43 bits per heavy atom. The molecule has 0 radical (unpaired) electrons. The fourth-order valence-corrected chi connectivity index (χ4v) is 3.19. The molecule has 1 aromatic heterocycles. The molecule has 0 atom stereocenters. The summed E-state index contributed by atoms with van der Waals surface area (Å²) in [5.74, 6) is 0.995. The van der Waals surface area contributed by atoms with Gasteiger partial charge in [0, 0.05) is 31.9 Å². The molecule has 1 fully saturated rings. The highest BCUT2D eigenvalue weighted by Crippen LogP contribution is 2.36. The van der Waals surface area contributed by atoms with Crippen molar-refractivity contribution >= 4 is 11.5 Å². The third-order valence-corrected chi connectivity index (χ3v) is 4.30. The lowest BCUT2D eigenvalue weighted by Crippen LogP contribution is -2.31. The summed E-state index contributed by atoms with van der Waals surface area (Å²) in [6.07, 6.45) is 5.89. The standard InChI is InChI=1S/C18H23N3/c1-14-16(15-9-5-3-6-10-15)13-20-18(19-2)17(14)21-11-7-4-8-12-21/h3,5-6,9-10,13H,4,7-8,11-12H2,1-2H3,(H,19,20). The molecular weight excluding hydrogens is 258 g/mol. The normalized spacial score (nSPS) is 15.0. The number of anilines is 2. The summed E-state index contributed by atoms with van der Waals surface area (Å²) in [6.45, 7) is 4.49. The van der Waals surface area contributed by atoms with Crippen LogP contribution in [0.2, 0.25) is 0 Å². The molecule has 0 bridgehead atoms. The lowest BCUT2D eigenvalue weighted by atomic mass is 10.00. The molecule has 1 aromatic carbocycles. The molecule has 0 spiro atoms. The second-order valence-corrected chi connectivity index (χ2v) is 5.66. The van der Waals surface area contributed by atoms with E-state index in [1.165, 1.54) is 41.6 Å². The topological polar surface area (TPSA) is 28.2 Å². The van der Waals surface area contributed by atoms with Crippen LogP contribution in [0.15, 0.2) is 36.5 Å². The number of hydrogen-bond acceptors (Lipinski definition) is 3. The summed E-state index contributed by atoms with van der Waals surface area (Å²) in [5, 5.41) is 3.26. The van der Waals surface area contributed by atoms with Gasteiger partial charge in [-0.1, -0.05) is 30.3 Å². The highest BCUT2D eigenvalue weighted by molar-refractivity contribution is 5.80. The molecule has 110 valence electrons. The van der Waals surface area contributed by atoms with Gasteiger partial charge in [0.2, 0.25) is 0 Å². The van der Waals surface area contributed by atoms with E-state index in [1.54, 1.807) is 0 Å². The molecule has 0 amide bonds. The largest absolute Gasteiger partial charge is 0.371 e. The van der Waals surface area contributed by atoms with Crippen molar-refractivity contribution in [2.75, 3.05) is 30.4 Å². The van der Waals surface area contributed by atoms with E-state index in [0.29, 0.717) is 0 Å².